The van der Waals surface area contributed by atoms with Crippen LogP contribution in [-0.2, 0) is 33.3 Å². The van der Waals surface area contributed by atoms with Gasteiger partial charge in [0.15, 0.2) is 12.4 Å². The van der Waals surface area contributed by atoms with E-state index in [0.29, 0.717) is 17.4 Å². The second kappa shape index (κ2) is 82.6. The molecular formula is C92H171NO8. The van der Waals surface area contributed by atoms with Gasteiger partial charge in [-0.25, -0.2) is 0 Å². The van der Waals surface area contributed by atoms with E-state index in [9.17, 15) is 19.5 Å². The average molecular weight is 1420 g/mol. The number of rotatable bonds is 84. The largest absolute Gasteiger partial charge is 0.545 e. The van der Waals surface area contributed by atoms with Gasteiger partial charge >= 0.3 is 11.9 Å². The van der Waals surface area contributed by atoms with E-state index in [-0.39, 0.29) is 32.2 Å². The third-order valence-electron chi connectivity index (χ3n) is 20.2. The highest BCUT2D eigenvalue weighted by molar-refractivity contribution is 5.70. The third-order valence-corrected chi connectivity index (χ3v) is 20.2. The molecule has 0 aliphatic heterocycles. The summed E-state index contributed by atoms with van der Waals surface area (Å²) in [5, 5.41) is 11.9. The topological polar surface area (TPSA) is 111 Å². The number of likely N-dealkylation sites (N-methyl/N-ethyl adjacent to an activating group) is 1. The Bertz CT molecular complexity index is 1850. The maximum absolute atomic E-state index is 13.0. The van der Waals surface area contributed by atoms with Crippen LogP contribution in [0.4, 0.5) is 0 Å². The number of esters is 2. The van der Waals surface area contributed by atoms with Crippen molar-refractivity contribution in [1.29, 1.82) is 0 Å². The molecule has 0 aromatic heterocycles. The second-order valence-electron chi connectivity index (χ2n) is 31.5. The van der Waals surface area contributed by atoms with Crippen LogP contribution in [0, 0.1) is 0 Å². The Labute approximate surface area is 628 Å². The van der Waals surface area contributed by atoms with Crippen molar-refractivity contribution in [3.63, 3.8) is 0 Å². The van der Waals surface area contributed by atoms with Gasteiger partial charge in [-0.15, -0.1) is 0 Å². The van der Waals surface area contributed by atoms with E-state index in [1.165, 1.54) is 360 Å². The Balaban J connectivity index is 3.89. The molecule has 0 saturated heterocycles. The van der Waals surface area contributed by atoms with Gasteiger partial charge in [0.05, 0.1) is 40.3 Å². The minimum Gasteiger partial charge on any atom is -0.545 e. The van der Waals surface area contributed by atoms with Crippen molar-refractivity contribution in [2.45, 2.75) is 463 Å². The van der Waals surface area contributed by atoms with E-state index in [4.69, 9.17) is 18.9 Å². The molecule has 0 saturated carbocycles. The summed E-state index contributed by atoms with van der Waals surface area (Å²) in [7, 11) is 5.96. The van der Waals surface area contributed by atoms with Gasteiger partial charge in [0, 0.05) is 12.8 Å². The number of unbranched alkanes of at least 4 members (excludes halogenated alkanes) is 59. The van der Waals surface area contributed by atoms with E-state index < -0.39 is 24.3 Å². The van der Waals surface area contributed by atoms with Crippen molar-refractivity contribution in [3.05, 3.63) is 60.8 Å². The molecular weight excluding hydrogens is 1250 g/mol. The number of aliphatic carboxylic acids is 1. The number of hydrogen-bond donors (Lipinski definition) is 0. The first-order valence-electron chi connectivity index (χ1n) is 44.4. The summed E-state index contributed by atoms with van der Waals surface area (Å²) in [4.78, 5) is 37.7. The summed E-state index contributed by atoms with van der Waals surface area (Å²) < 4.78 is 22.9. The molecule has 9 nitrogen and oxygen atoms in total. The number of allylic oxidation sites excluding steroid dienone is 10. The zero-order chi connectivity index (χ0) is 73.2. The third kappa shape index (κ3) is 84.1. The van der Waals surface area contributed by atoms with Crippen LogP contribution in [0.15, 0.2) is 60.8 Å². The zero-order valence-electron chi connectivity index (χ0n) is 68.1. The van der Waals surface area contributed by atoms with Gasteiger partial charge < -0.3 is 33.3 Å². The van der Waals surface area contributed by atoms with Crippen molar-refractivity contribution < 1.29 is 42.9 Å². The first-order valence-corrected chi connectivity index (χ1v) is 44.4. The van der Waals surface area contributed by atoms with Crippen LogP contribution in [0.1, 0.15) is 450 Å². The van der Waals surface area contributed by atoms with Crippen LogP contribution >= 0.6 is 0 Å². The van der Waals surface area contributed by atoms with Crippen molar-refractivity contribution in [3.8, 4) is 0 Å². The fourth-order valence-corrected chi connectivity index (χ4v) is 13.5. The number of nitrogens with zero attached hydrogens (tertiary/aromatic N) is 1. The molecule has 0 aliphatic carbocycles. The number of carboxylic acid groups (broad SMARTS) is 1. The summed E-state index contributed by atoms with van der Waals surface area (Å²) >= 11 is 0. The molecule has 0 heterocycles. The molecule has 101 heavy (non-hydrogen) atoms. The molecule has 2 unspecified atom stereocenters. The summed E-state index contributed by atoms with van der Waals surface area (Å²) in [5.74, 6) is -2.25. The monoisotopic (exact) mass is 1420 g/mol. The lowest BCUT2D eigenvalue weighted by Gasteiger charge is -2.26. The van der Waals surface area contributed by atoms with Crippen LogP contribution in [-0.4, -0.2) is 82.3 Å². The van der Waals surface area contributed by atoms with E-state index in [0.717, 1.165) is 64.2 Å². The summed E-state index contributed by atoms with van der Waals surface area (Å²) in [6.07, 6.45) is 108. The molecule has 592 valence electrons. The molecule has 0 N–H and O–H groups in total. The number of carbonyl (C=O) groups is 3. The number of quaternary nitrogens is 1. The van der Waals surface area contributed by atoms with Gasteiger partial charge in [-0.2, -0.15) is 0 Å². The summed E-state index contributed by atoms with van der Waals surface area (Å²) in [5.41, 5.74) is 0. The Kier molecular flexibility index (Phi) is 80.2. The van der Waals surface area contributed by atoms with E-state index in [1.54, 1.807) is 0 Å². The van der Waals surface area contributed by atoms with E-state index >= 15 is 0 Å². The molecule has 0 aliphatic rings. The average Bonchev–Trinajstić information content (AvgIpc) is 1.25. The fourth-order valence-electron chi connectivity index (χ4n) is 13.5. The first kappa shape index (κ1) is 98.0. The number of hydrogen-bond acceptors (Lipinski definition) is 8. The van der Waals surface area contributed by atoms with E-state index in [1.807, 2.05) is 21.1 Å². The van der Waals surface area contributed by atoms with Gasteiger partial charge in [-0.05, 0) is 77.0 Å². The Hall–Kier alpha value is -3.01. The predicted octanol–water partition coefficient (Wildman–Crippen LogP) is 27.6. The van der Waals surface area contributed by atoms with Crippen LogP contribution in [0.3, 0.4) is 0 Å². The molecule has 0 aromatic carbocycles. The lowest BCUT2D eigenvalue weighted by atomic mass is 10.0. The molecule has 0 spiro atoms. The quantitative estimate of drug-likeness (QED) is 0.0195. The van der Waals surface area contributed by atoms with Gasteiger partial charge in [0.1, 0.15) is 13.2 Å². The van der Waals surface area contributed by atoms with Crippen molar-refractivity contribution in [2.75, 3.05) is 47.5 Å². The molecule has 0 radical (unpaired) electrons. The lowest BCUT2D eigenvalue weighted by Crippen LogP contribution is -2.44. The first-order chi connectivity index (χ1) is 49.6. The minimum absolute atomic E-state index is 0.151. The molecule has 2 atom stereocenters. The summed E-state index contributed by atoms with van der Waals surface area (Å²) in [6.45, 7) is 4.72. The minimum atomic E-state index is -1.62. The normalized spacial score (nSPS) is 12.8. The van der Waals surface area contributed by atoms with Crippen LogP contribution in [0.2, 0.25) is 0 Å². The molecule has 0 rings (SSSR count). The number of carboxylic acids is 1. The Morgan fingerprint density at radius 2 is 0.564 bits per heavy atom. The van der Waals surface area contributed by atoms with Gasteiger partial charge in [-0.3, -0.25) is 9.59 Å². The molecule has 0 fully saturated rings. The molecule has 9 heteroatoms. The SMILES string of the molecule is CC/C=C\C/C=C\C/C=C\C/C=C\CCCCCCCCCCCCCCCCCCCCCCCCC(=O)OC(COC(=O)CCCCCCCCCCCCCCCCCCCCCCCCCCCCCCC/C=C\CCCCCCCCCC)COC(OCC[N+](C)(C)C)C(=O)[O-]. The Morgan fingerprint density at radius 1 is 0.307 bits per heavy atom. The maximum atomic E-state index is 13.0. The van der Waals surface area contributed by atoms with Gasteiger partial charge in [0.2, 0.25) is 0 Å². The van der Waals surface area contributed by atoms with Crippen molar-refractivity contribution >= 4 is 17.9 Å². The molecule has 0 amide bonds. The van der Waals surface area contributed by atoms with Crippen LogP contribution < -0.4 is 5.11 Å². The highest BCUT2D eigenvalue weighted by atomic mass is 16.7. The fraction of sp³-hybridized carbons (Fsp3) is 0.859. The lowest BCUT2D eigenvalue weighted by molar-refractivity contribution is -0.870. The highest BCUT2D eigenvalue weighted by Gasteiger charge is 2.22. The smallest absolute Gasteiger partial charge is 0.306 e. The summed E-state index contributed by atoms with van der Waals surface area (Å²) in [6, 6.07) is 0. The maximum Gasteiger partial charge on any atom is 0.306 e. The molecule has 0 aromatic rings. The zero-order valence-corrected chi connectivity index (χ0v) is 68.1. The Morgan fingerprint density at radius 3 is 0.851 bits per heavy atom. The highest BCUT2D eigenvalue weighted by Crippen LogP contribution is 2.21. The van der Waals surface area contributed by atoms with E-state index in [2.05, 4.69) is 74.6 Å². The van der Waals surface area contributed by atoms with Crippen molar-refractivity contribution in [2.24, 2.45) is 0 Å². The number of ether oxygens (including phenoxy) is 4. The van der Waals surface area contributed by atoms with Crippen molar-refractivity contribution in [1.82, 2.24) is 0 Å². The van der Waals surface area contributed by atoms with Crippen LogP contribution in [0.25, 0.3) is 0 Å². The molecule has 0 bridgehead atoms. The second-order valence-corrected chi connectivity index (χ2v) is 31.5. The van der Waals surface area contributed by atoms with Gasteiger partial charge in [0.25, 0.3) is 0 Å². The number of carbonyl (C=O) groups excluding carboxylic acids is 3. The standard InChI is InChI=1S/C92H171NO8/c1-6-8-10-12-14-16-18-20-22-24-26-28-30-32-34-36-38-40-42-43-44-45-46-47-49-50-52-54-56-58-60-62-64-66-68-70-72-74-76-78-80-82-89(94)99-86-88(87-100-92(91(96)97)98-85-84-93(3,4)5)101-90(95)83-81-79-77-75-73-71-69-67-65-63-61-59-57-55-53-51-48-41-39-37-35-33-31-29-27-25-23-21-19-17-15-13-11-9-7-2/h9,11,15,17,21,23-24,26-27,29,88,92H,6-8,10,12-14,16,18-20,22,25,28,30-87H2,1-5H3/b11-9-,17-15-,23-21-,26-24-,29-27-. The van der Waals surface area contributed by atoms with Crippen LogP contribution in [0.5, 0.6) is 0 Å². The van der Waals surface area contributed by atoms with Gasteiger partial charge in [-0.1, -0.05) is 421 Å². The predicted molar refractivity (Wildman–Crippen MR) is 435 cm³/mol.